The molecule has 132 valence electrons. The topological polar surface area (TPSA) is 35.5 Å². The van der Waals surface area contributed by atoms with Crippen LogP contribution in [0.3, 0.4) is 0 Å². The second-order valence-electron chi connectivity index (χ2n) is 8.42. The predicted octanol–water partition coefficient (Wildman–Crippen LogP) is 4.22. The summed E-state index contributed by atoms with van der Waals surface area (Å²) in [6.45, 7) is 2.19. The highest BCUT2D eigenvalue weighted by molar-refractivity contribution is 6.04. The van der Waals surface area contributed by atoms with E-state index in [-0.39, 0.29) is 30.2 Å². The van der Waals surface area contributed by atoms with E-state index in [4.69, 9.17) is 9.47 Å². The first-order valence-corrected chi connectivity index (χ1v) is 9.75. The fraction of sp³-hybridized carbons (Fsp3) is 0.435. The summed E-state index contributed by atoms with van der Waals surface area (Å²) < 4.78 is 12.4. The summed E-state index contributed by atoms with van der Waals surface area (Å²) in [4.78, 5) is 13.0. The maximum Gasteiger partial charge on any atom is 0.339 e. The molecule has 2 saturated heterocycles. The summed E-state index contributed by atoms with van der Waals surface area (Å²) in [5.74, 6) is 2.52. The normalized spacial score (nSPS) is 41.7. The van der Waals surface area contributed by atoms with E-state index >= 15 is 0 Å². The maximum atomic E-state index is 13.0. The Morgan fingerprint density at radius 1 is 1.00 bits per heavy atom. The molecule has 4 bridgehead atoms. The molecular formula is C23H22O3. The summed E-state index contributed by atoms with van der Waals surface area (Å²) in [6.07, 6.45) is 6.21. The number of carbonyl (C=O) groups excluding carboxylic acids is 1. The Balaban J connectivity index is 1.30. The second kappa shape index (κ2) is 5.20. The number of ether oxygens (including phenoxy) is 2. The molecule has 8 unspecified atom stereocenters. The number of allylic oxidation sites excluding steroid dienone is 2. The molecule has 1 saturated carbocycles. The molecule has 0 spiro atoms. The minimum Gasteiger partial charge on any atom is -0.456 e. The van der Waals surface area contributed by atoms with Crippen LogP contribution >= 0.6 is 0 Å². The number of carbonyl (C=O) groups is 1. The van der Waals surface area contributed by atoms with Crippen molar-refractivity contribution < 1.29 is 14.3 Å². The van der Waals surface area contributed by atoms with Crippen LogP contribution in [-0.4, -0.2) is 24.3 Å². The Morgan fingerprint density at radius 3 is 2.58 bits per heavy atom. The molecule has 0 N–H and O–H groups in total. The SMILES string of the molecule is CC1C(OC(=O)c2cccc3ccccc23)C2OC1C1C3C=CC(C3)C21. The number of hydrogen-bond donors (Lipinski definition) is 0. The lowest BCUT2D eigenvalue weighted by molar-refractivity contribution is -0.0167. The van der Waals surface area contributed by atoms with Gasteiger partial charge in [0.15, 0.2) is 0 Å². The van der Waals surface area contributed by atoms with Crippen molar-refractivity contribution >= 4 is 16.7 Å². The first-order valence-electron chi connectivity index (χ1n) is 9.75. The van der Waals surface area contributed by atoms with Gasteiger partial charge in [0.2, 0.25) is 0 Å². The third-order valence-corrected chi connectivity index (χ3v) is 7.27. The van der Waals surface area contributed by atoms with Gasteiger partial charge in [-0.05, 0) is 41.0 Å². The second-order valence-corrected chi connectivity index (χ2v) is 8.42. The van der Waals surface area contributed by atoms with E-state index in [2.05, 4.69) is 19.1 Å². The molecule has 2 heterocycles. The van der Waals surface area contributed by atoms with Crippen molar-refractivity contribution in [2.45, 2.75) is 31.7 Å². The standard InChI is InChI=1S/C23H22O3/c1-12-20-18-14-9-10-15(11-14)19(18)22(25-20)21(12)26-23(24)17-8-4-6-13-5-2-3-7-16(13)17/h2-10,12,14-15,18-22H,11H2,1H3. The Morgan fingerprint density at radius 2 is 1.73 bits per heavy atom. The van der Waals surface area contributed by atoms with Gasteiger partial charge in [-0.1, -0.05) is 55.5 Å². The monoisotopic (exact) mass is 346 g/mol. The van der Waals surface area contributed by atoms with Gasteiger partial charge >= 0.3 is 5.97 Å². The van der Waals surface area contributed by atoms with Crippen LogP contribution in [0.15, 0.2) is 54.6 Å². The highest BCUT2D eigenvalue weighted by Gasteiger charge is 2.66. The summed E-state index contributed by atoms with van der Waals surface area (Å²) in [6, 6.07) is 13.8. The molecular weight excluding hydrogens is 324 g/mol. The van der Waals surface area contributed by atoms with Crippen LogP contribution in [0, 0.1) is 29.6 Å². The number of rotatable bonds is 2. The molecule has 8 atom stereocenters. The lowest BCUT2D eigenvalue weighted by Crippen LogP contribution is -2.45. The summed E-state index contributed by atoms with van der Waals surface area (Å²) >= 11 is 0. The van der Waals surface area contributed by atoms with Crippen LogP contribution in [0.1, 0.15) is 23.7 Å². The molecule has 26 heavy (non-hydrogen) atoms. The third-order valence-electron chi connectivity index (χ3n) is 7.27. The van der Waals surface area contributed by atoms with Crippen molar-refractivity contribution in [3.63, 3.8) is 0 Å². The average molecular weight is 346 g/mol. The average Bonchev–Trinajstić information content (AvgIpc) is 3.41. The van der Waals surface area contributed by atoms with Gasteiger partial charge < -0.3 is 9.47 Å². The van der Waals surface area contributed by atoms with Gasteiger partial charge in [-0.3, -0.25) is 0 Å². The van der Waals surface area contributed by atoms with Crippen LogP contribution in [-0.2, 0) is 9.47 Å². The van der Waals surface area contributed by atoms with E-state index in [9.17, 15) is 4.79 Å². The third kappa shape index (κ3) is 1.84. The summed E-state index contributed by atoms with van der Waals surface area (Å²) in [5.41, 5.74) is 0.655. The molecule has 0 aromatic heterocycles. The molecule has 2 aromatic carbocycles. The first-order chi connectivity index (χ1) is 12.7. The molecule has 4 aliphatic rings. The minimum absolute atomic E-state index is 0.0684. The number of fused-ring (bicyclic) bond motifs is 10. The highest BCUT2D eigenvalue weighted by Crippen LogP contribution is 2.61. The summed E-state index contributed by atoms with van der Waals surface area (Å²) in [5, 5.41) is 2.02. The zero-order valence-electron chi connectivity index (χ0n) is 14.7. The van der Waals surface area contributed by atoms with Crippen LogP contribution < -0.4 is 0 Å². The largest absolute Gasteiger partial charge is 0.456 e. The quantitative estimate of drug-likeness (QED) is 0.603. The lowest BCUT2D eigenvalue weighted by atomic mass is 9.68. The van der Waals surface area contributed by atoms with Gasteiger partial charge in [-0.2, -0.15) is 0 Å². The lowest BCUT2D eigenvalue weighted by Gasteiger charge is -2.36. The fourth-order valence-corrected chi connectivity index (χ4v) is 6.21. The Hall–Kier alpha value is -2.13. The molecule has 3 fully saturated rings. The van der Waals surface area contributed by atoms with Gasteiger partial charge in [-0.25, -0.2) is 4.79 Å². The van der Waals surface area contributed by atoms with Gasteiger partial charge in [0.05, 0.1) is 17.8 Å². The van der Waals surface area contributed by atoms with Gasteiger partial charge in [-0.15, -0.1) is 0 Å². The minimum atomic E-state index is -0.218. The van der Waals surface area contributed by atoms with E-state index in [0.717, 1.165) is 10.8 Å². The van der Waals surface area contributed by atoms with Crippen molar-refractivity contribution in [3.8, 4) is 0 Å². The van der Waals surface area contributed by atoms with Crippen molar-refractivity contribution in [2.75, 3.05) is 0 Å². The first kappa shape index (κ1) is 15.0. The number of benzene rings is 2. The van der Waals surface area contributed by atoms with Crippen molar-refractivity contribution in [3.05, 3.63) is 60.2 Å². The zero-order chi connectivity index (χ0) is 17.4. The number of hydrogen-bond acceptors (Lipinski definition) is 3. The van der Waals surface area contributed by atoms with Crippen LogP contribution in [0.5, 0.6) is 0 Å². The molecule has 2 aromatic rings. The predicted molar refractivity (Wildman–Crippen MR) is 98.7 cm³/mol. The Bertz CT molecular complexity index is 927. The maximum absolute atomic E-state index is 13.0. The van der Waals surface area contributed by atoms with Gasteiger partial charge in [0.25, 0.3) is 0 Å². The van der Waals surface area contributed by atoms with E-state index in [1.54, 1.807) is 0 Å². The smallest absolute Gasteiger partial charge is 0.339 e. The van der Waals surface area contributed by atoms with E-state index in [1.165, 1.54) is 6.42 Å². The van der Waals surface area contributed by atoms with Crippen LogP contribution in [0.25, 0.3) is 10.8 Å². The molecule has 0 amide bonds. The Labute approximate surface area is 153 Å². The van der Waals surface area contributed by atoms with Gasteiger partial charge in [0.1, 0.15) is 6.10 Å². The molecule has 2 aliphatic heterocycles. The zero-order valence-corrected chi connectivity index (χ0v) is 14.7. The van der Waals surface area contributed by atoms with E-state index in [1.807, 2.05) is 42.5 Å². The molecule has 2 aliphatic carbocycles. The fourth-order valence-electron chi connectivity index (χ4n) is 6.21. The summed E-state index contributed by atoms with van der Waals surface area (Å²) in [7, 11) is 0. The van der Waals surface area contributed by atoms with Crippen LogP contribution in [0.2, 0.25) is 0 Å². The van der Waals surface area contributed by atoms with Crippen molar-refractivity contribution in [1.82, 2.24) is 0 Å². The highest BCUT2D eigenvalue weighted by atomic mass is 16.6. The molecule has 6 rings (SSSR count). The molecule has 3 heteroatoms. The van der Waals surface area contributed by atoms with Gasteiger partial charge in [0, 0.05) is 11.8 Å². The molecule has 3 nitrogen and oxygen atoms in total. The Kier molecular flexibility index (Phi) is 3.00. The van der Waals surface area contributed by atoms with Crippen LogP contribution in [0.4, 0.5) is 0 Å². The van der Waals surface area contributed by atoms with E-state index in [0.29, 0.717) is 29.2 Å². The molecule has 0 radical (unpaired) electrons. The van der Waals surface area contributed by atoms with Crippen molar-refractivity contribution in [1.29, 1.82) is 0 Å². The number of esters is 1. The van der Waals surface area contributed by atoms with Crippen molar-refractivity contribution in [2.24, 2.45) is 29.6 Å². The van der Waals surface area contributed by atoms with E-state index < -0.39 is 0 Å².